The van der Waals surface area contributed by atoms with E-state index in [4.69, 9.17) is 16.3 Å². The molecule has 0 spiro atoms. The molecule has 7 heteroatoms. The number of benzene rings is 2. The number of halogens is 1. The van der Waals surface area contributed by atoms with Crippen LogP contribution in [-0.2, 0) is 9.53 Å². The normalized spacial score (nSPS) is 14.2. The SMILES string of the molecule is CSc1cccc(NC(=O)CNc2cc(Cl)ccc2N2CCOCC2)c1. The van der Waals surface area contributed by atoms with Crippen LogP contribution in [0.5, 0.6) is 0 Å². The van der Waals surface area contributed by atoms with Crippen molar-refractivity contribution in [3.8, 4) is 0 Å². The molecule has 2 aromatic rings. The van der Waals surface area contributed by atoms with Gasteiger partial charge in [-0.25, -0.2) is 0 Å². The summed E-state index contributed by atoms with van der Waals surface area (Å²) in [5.74, 6) is -0.101. The maximum Gasteiger partial charge on any atom is 0.243 e. The van der Waals surface area contributed by atoms with Gasteiger partial charge in [0.05, 0.1) is 31.1 Å². The summed E-state index contributed by atoms with van der Waals surface area (Å²) >= 11 is 7.79. The molecular weight excluding hydrogens is 370 g/mol. The Kier molecular flexibility index (Phi) is 6.66. The number of hydrogen-bond donors (Lipinski definition) is 2. The van der Waals surface area contributed by atoms with Crippen molar-refractivity contribution in [2.45, 2.75) is 4.90 Å². The fraction of sp³-hybridized carbons (Fsp3) is 0.316. The molecule has 0 aromatic heterocycles. The van der Waals surface area contributed by atoms with E-state index in [1.807, 2.05) is 48.7 Å². The molecule has 0 bridgehead atoms. The third-order valence-electron chi connectivity index (χ3n) is 4.10. The van der Waals surface area contributed by atoms with Gasteiger partial charge in [-0.05, 0) is 42.7 Å². The molecule has 3 rings (SSSR count). The third kappa shape index (κ3) is 5.06. The lowest BCUT2D eigenvalue weighted by Gasteiger charge is -2.30. The van der Waals surface area contributed by atoms with Crippen molar-refractivity contribution in [3.05, 3.63) is 47.5 Å². The highest BCUT2D eigenvalue weighted by atomic mass is 35.5. The van der Waals surface area contributed by atoms with Crippen molar-refractivity contribution in [2.75, 3.05) is 54.6 Å². The second-order valence-electron chi connectivity index (χ2n) is 5.89. The lowest BCUT2D eigenvalue weighted by molar-refractivity contribution is -0.114. The molecule has 5 nitrogen and oxygen atoms in total. The number of carbonyl (C=O) groups is 1. The molecule has 2 aromatic carbocycles. The zero-order chi connectivity index (χ0) is 18.4. The maximum atomic E-state index is 12.3. The van der Waals surface area contributed by atoms with Gasteiger partial charge in [0.25, 0.3) is 0 Å². The highest BCUT2D eigenvalue weighted by Crippen LogP contribution is 2.29. The van der Waals surface area contributed by atoms with E-state index in [-0.39, 0.29) is 12.5 Å². The van der Waals surface area contributed by atoms with E-state index in [0.717, 1.165) is 35.0 Å². The summed E-state index contributed by atoms with van der Waals surface area (Å²) in [6.45, 7) is 3.22. The van der Waals surface area contributed by atoms with E-state index >= 15 is 0 Å². The van der Waals surface area contributed by atoms with E-state index < -0.39 is 0 Å². The average molecular weight is 392 g/mol. The number of nitrogens with one attached hydrogen (secondary N) is 2. The van der Waals surface area contributed by atoms with Gasteiger partial charge in [0, 0.05) is 28.7 Å². The van der Waals surface area contributed by atoms with Crippen LogP contribution in [0.3, 0.4) is 0 Å². The second kappa shape index (κ2) is 9.16. The Hall–Kier alpha value is -1.89. The Labute approximate surface area is 163 Å². The highest BCUT2D eigenvalue weighted by molar-refractivity contribution is 7.98. The summed E-state index contributed by atoms with van der Waals surface area (Å²) in [6.07, 6.45) is 2.01. The number of carbonyl (C=O) groups excluding carboxylic acids is 1. The number of rotatable bonds is 6. The van der Waals surface area contributed by atoms with Crippen LogP contribution < -0.4 is 15.5 Å². The van der Waals surface area contributed by atoms with Crippen molar-refractivity contribution in [3.63, 3.8) is 0 Å². The lowest BCUT2D eigenvalue weighted by Crippen LogP contribution is -2.36. The predicted octanol–water partition coefficient (Wildman–Crippen LogP) is 3.95. The fourth-order valence-corrected chi connectivity index (χ4v) is 3.44. The minimum Gasteiger partial charge on any atom is -0.378 e. The summed E-state index contributed by atoms with van der Waals surface area (Å²) in [4.78, 5) is 15.7. The Balaban J connectivity index is 1.64. The quantitative estimate of drug-likeness (QED) is 0.730. The van der Waals surface area contributed by atoms with Gasteiger partial charge < -0.3 is 20.3 Å². The molecule has 1 saturated heterocycles. The van der Waals surface area contributed by atoms with E-state index in [0.29, 0.717) is 18.2 Å². The van der Waals surface area contributed by atoms with Gasteiger partial charge >= 0.3 is 0 Å². The van der Waals surface area contributed by atoms with Gasteiger partial charge in [0.1, 0.15) is 0 Å². The average Bonchev–Trinajstić information content (AvgIpc) is 2.67. The van der Waals surface area contributed by atoms with Crippen LogP contribution in [0, 0.1) is 0 Å². The molecule has 0 radical (unpaired) electrons. The number of hydrogen-bond acceptors (Lipinski definition) is 5. The predicted molar refractivity (Wildman–Crippen MR) is 110 cm³/mol. The van der Waals surface area contributed by atoms with Crippen LogP contribution >= 0.6 is 23.4 Å². The van der Waals surface area contributed by atoms with Gasteiger partial charge in [-0.2, -0.15) is 0 Å². The number of morpholine rings is 1. The number of ether oxygens (including phenoxy) is 1. The molecule has 0 saturated carbocycles. The van der Waals surface area contributed by atoms with Crippen molar-refractivity contribution in [1.82, 2.24) is 0 Å². The molecule has 26 heavy (non-hydrogen) atoms. The smallest absolute Gasteiger partial charge is 0.243 e. The van der Waals surface area contributed by atoms with E-state index in [9.17, 15) is 4.79 Å². The fourth-order valence-electron chi connectivity index (χ4n) is 2.81. The van der Waals surface area contributed by atoms with Crippen LogP contribution in [0.4, 0.5) is 17.1 Å². The van der Waals surface area contributed by atoms with Crippen molar-refractivity contribution in [2.24, 2.45) is 0 Å². The summed E-state index contributed by atoms with van der Waals surface area (Å²) < 4.78 is 5.41. The van der Waals surface area contributed by atoms with Crippen LogP contribution in [0.25, 0.3) is 0 Å². The molecule has 1 amide bonds. The molecule has 1 aliphatic rings. The number of thioether (sulfide) groups is 1. The Morgan fingerprint density at radius 3 is 2.81 bits per heavy atom. The first kappa shape index (κ1) is 18.9. The summed E-state index contributed by atoms with van der Waals surface area (Å²) in [6, 6.07) is 13.5. The zero-order valence-corrected chi connectivity index (χ0v) is 16.2. The van der Waals surface area contributed by atoms with Gasteiger partial charge in [-0.3, -0.25) is 4.79 Å². The Bertz CT molecular complexity index is 766. The molecule has 138 valence electrons. The number of nitrogens with zero attached hydrogens (tertiary/aromatic N) is 1. The van der Waals surface area contributed by atoms with Crippen molar-refractivity contribution >= 4 is 46.3 Å². The number of anilines is 3. The van der Waals surface area contributed by atoms with Gasteiger partial charge in [-0.15, -0.1) is 11.8 Å². The summed E-state index contributed by atoms with van der Waals surface area (Å²) in [5.41, 5.74) is 2.69. The van der Waals surface area contributed by atoms with E-state index in [1.165, 1.54) is 0 Å². The van der Waals surface area contributed by atoms with Crippen molar-refractivity contribution < 1.29 is 9.53 Å². The lowest BCUT2D eigenvalue weighted by atomic mass is 10.2. The maximum absolute atomic E-state index is 12.3. The van der Waals surface area contributed by atoms with Gasteiger partial charge in [0.2, 0.25) is 5.91 Å². The molecule has 0 unspecified atom stereocenters. The molecular formula is C19H22ClN3O2S. The largest absolute Gasteiger partial charge is 0.378 e. The van der Waals surface area contributed by atoms with Crippen LogP contribution in [0.15, 0.2) is 47.4 Å². The second-order valence-corrected chi connectivity index (χ2v) is 7.21. The first-order valence-corrected chi connectivity index (χ1v) is 10.1. The monoisotopic (exact) mass is 391 g/mol. The molecule has 0 atom stereocenters. The zero-order valence-electron chi connectivity index (χ0n) is 14.6. The molecule has 0 aliphatic carbocycles. The summed E-state index contributed by atoms with van der Waals surface area (Å²) in [5, 5.41) is 6.77. The topological polar surface area (TPSA) is 53.6 Å². The summed E-state index contributed by atoms with van der Waals surface area (Å²) in [7, 11) is 0. The third-order valence-corrected chi connectivity index (χ3v) is 5.06. The van der Waals surface area contributed by atoms with Gasteiger partial charge in [-0.1, -0.05) is 17.7 Å². The molecule has 1 fully saturated rings. The standard InChI is InChI=1S/C19H22ClN3O2S/c1-26-16-4-2-3-15(12-16)22-19(24)13-21-17-11-14(20)5-6-18(17)23-7-9-25-10-8-23/h2-6,11-12,21H,7-10,13H2,1H3,(H,22,24). The minimum absolute atomic E-state index is 0.101. The van der Waals surface area contributed by atoms with Crippen LogP contribution in [0.1, 0.15) is 0 Å². The van der Waals surface area contributed by atoms with E-state index in [2.05, 4.69) is 15.5 Å². The Morgan fingerprint density at radius 2 is 2.04 bits per heavy atom. The molecule has 2 N–H and O–H groups in total. The van der Waals surface area contributed by atoms with Crippen LogP contribution in [-0.4, -0.2) is 45.0 Å². The first-order chi connectivity index (χ1) is 12.7. The number of amides is 1. The first-order valence-electron chi connectivity index (χ1n) is 8.46. The van der Waals surface area contributed by atoms with Crippen molar-refractivity contribution in [1.29, 1.82) is 0 Å². The highest BCUT2D eigenvalue weighted by Gasteiger charge is 2.15. The minimum atomic E-state index is -0.101. The van der Waals surface area contributed by atoms with E-state index in [1.54, 1.807) is 11.8 Å². The Morgan fingerprint density at radius 1 is 1.23 bits per heavy atom. The van der Waals surface area contributed by atoms with Crippen LogP contribution in [0.2, 0.25) is 5.02 Å². The molecule has 1 aliphatic heterocycles. The van der Waals surface area contributed by atoms with Gasteiger partial charge in [0.15, 0.2) is 0 Å². The molecule has 1 heterocycles.